The molecule has 2 amide bonds. The van der Waals surface area contributed by atoms with Crippen LogP contribution in [0.2, 0.25) is 0 Å². The first-order valence-corrected chi connectivity index (χ1v) is 9.58. The summed E-state index contributed by atoms with van der Waals surface area (Å²) in [6.45, 7) is 5.97. The zero-order valence-corrected chi connectivity index (χ0v) is 15.0. The second-order valence-electron chi connectivity index (χ2n) is 7.53. The first kappa shape index (κ1) is 16.6. The lowest BCUT2D eigenvalue weighted by Crippen LogP contribution is -2.51. The quantitative estimate of drug-likeness (QED) is 0.829. The van der Waals surface area contributed by atoms with Gasteiger partial charge in [0, 0.05) is 56.9 Å². The number of anilines is 1. The average molecular weight is 341 g/mol. The van der Waals surface area contributed by atoms with Gasteiger partial charge in [0.1, 0.15) is 0 Å². The lowest BCUT2D eigenvalue weighted by molar-refractivity contribution is -0.116. The van der Waals surface area contributed by atoms with Crippen LogP contribution in [-0.4, -0.2) is 60.4 Å². The number of amides is 2. The normalized spacial score (nSPS) is 21.6. The SMILES string of the molecule is CC(=O)N1CCc2cc(C(=O)N3CCN(C4CCCC4)CC3)ccc21. The number of nitrogens with zero attached hydrogens (tertiary/aromatic N) is 3. The lowest BCUT2D eigenvalue weighted by atomic mass is 10.1. The number of piperazine rings is 1. The van der Waals surface area contributed by atoms with Gasteiger partial charge >= 0.3 is 0 Å². The van der Waals surface area contributed by atoms with E-state index in [1.807, 2.05) is 23.1 Å². The number of carbonyl (C=O) groups is 2. The maximum atomic E-state index is 12.9. The fraction of sp³-hybridized carbons (Fsp3) is 0.600. The van der Waals surface area contributed by atoms with Gasteiger partial charge in [-0.15, -0.1) is 0 Å². The minimum atomic E-state index is 0.0702. The average Bonchev–Trinajstić information content (AvgIpc) is 3.30. The van der Waals surface area contributed by atoms with Gasteiger partial charge < -0.3 is 9.80 Å². The highest BCUT2D eigenvalue weighted by molar-refractivity contribution is 5.97. The summed E-state index contributed by atoms with van der Waals surface area (Å²) in [4.78, 5) is 30.9. The van der Waals surface area contributed by atoms with Gasteiger partial charge in [0.2, 0.25) is 5.91 Å². The lowest BCUT2D eigenvalue weighted by Gasteiger charge is -2.38. The van der Waals surface area contributed by atoms with Gasteiger partial charge in [-0.2, -0.15) is 0 Å². The second-order valence-corrected chi connectivity index (χ2v) is 7.53. The highest BCUT2D eigenvalue weighted by Gasteiger charge is 2.29. The molecule has 2 fully saturated rings. The van der Waals surface area contributed by atoms with Gasteiger partial charge in [-0.1, -0.05) is 12.8 Å². The van der Waals surface area contributed by atoms with Crippen molar-refractivity contribution < 1.29 is 9.59 Å². The fourth-order valence-electron chi connectivity index (χ4n) is 4.60. The number of hydrogen-bond donors (Lipinski definition) is 0. The van der Waals surface area contributed by atoms with Crippen LogP contribution in [0, 0.1) is 0 Å². The highest BCUT2D eigenvalue weighted by atomic mass is 16.2. The predicted octanol–water partition coefficient (Wildman–Crippen LogP) is 2.30. The Morgan fingerprint density at radius 3 is 2.40 bits per heavy atom. The van der Waals surface area contributed by atoms with Crippen LogP contribution in [0.15, 0.2) is 18.2 Å². The van der Waals surface area contributed by atoms with E-state index in [2.05, 4.69) is 4.90 Å². The first-order chi connectivity index (χ1) is 12.1. The van der Waals surface area contributed by atoms with Crippen LogP contribution in [0.5, 0.6) is 0 Å². The summed E-state index contributed by atoms with van der Waals surface area (Å²) in [5, 5.41) is 0. The Balaban J connectivity index is 1.41. The molecule has 1 saturated heterocycles. The Labute approximate surface area is 149 Å². The monoisotopic (exact) mass is 341 g/mol. The summed E-state index contributed by atoms with van der Waals surface area (Å²) in [6.07, 6.45) is 6.20. The van der Waals surface area contributed by atoms with Crippen molar-refractivity contribution in [1.29, 1.82) is 0 Å². The highest BCUT2D eigenvalue weighted by Crippen LogP contribution is 2.29. The Bertz CT molecular complexity index is 674. The minimum absolute atomic E-state index is 0.0702. The van der Waals surface area contributed by atoms with Crippen LogP contribution in [0.25, 0.3) is 0 Å². The van der Waals surface area contributed by atoms with Gasteiger partial charge in [0.15, 0.2) is 0 Å². The Kier molecular flexibility index (Phi) is 4.50. The van der Waals surface area contributed by atoms with E-state index >= 15 is 0 Å². The molecule has 3 aliphatic rings. The van der Waals surface area contributed by atoms with Crippen molar-refractivity contribution in [2.45, 2.75) is 45.1 Å². The molecule has 1 saturated carbocycles. The Hall–Kier alpha value is -1.88. The van der Waals surface area contributed by atoms with E-state index in [1.54, 1.807) is 11.8 Å². The van der Waals surface area contributed by atoms with Crippen LogP contribution in [0.3, 0.4) is 0 Å². The van der Waals surface area contributed by atoms with E-state index in [4.69, 9.17) is 0 Å². The van der Waals surface area contributed by atoms with Gasteiger partial charge in [-0.05, 0) is 43.0 Å². The molecule has 25 heavy (non-hydrogen) atoms. The van der Waals surface area contributed by atoms with E-state index in [-0.39, 0.29) is 11.8 Å². The van der Waals surface area contributed by atoms with E-state index < -0.39 is 0 Å². The molecule has 0 aromatic heterocycles. The van der Waals surface area contributed by atoms with E-state index in [0.717, 1.165) is 62.0 Å². The van der Waals surface area contributed by atoms with Crippen LogP contribution in [-0.2, 0) is 11.2 Å². The summed E-state index contributed by atoms with van der Waals surface area (Å²) in [7, 11) is 0. The Morgan fingerprint density at radius 1 is 1.00 bits per heavy atom. The van der Waals surface area contributed by atoms with E-state index in [1.165, 1.54) is 25.7 Å². The van der Waals surface area contributed by atoms with Crippen molar-refractivity contribution >= 4 is 17.5 Å². The summed E-state index contributed by atoms with van der Waals surface area (Å²) in [5.41, 5.74) is 2.85. The second kappa shape index (κ2) is 6.79. The zero-order valence-electron chi connectivity index (χ0n) is 15.0. The van der Waals surface area contributed by atoms with Gasteiger partial charge in [-0.25, -0.2) is 0 Å². The minimum Gasteiger partial charge on any atom is -0.336 e. The third-order valence-electron chi connectivity index (χ3n) is 6.04. The molecule has 0 radical (unpaired) electrons. The van der Waals surface area contributed by atoms with Crippen LogP contribution < -0.4 is 4.90 Å². The van der Waals surface area contributed by atoms with Gasteiger partial charge in [0.25, 0.3) is 5.91 Å². The third-order valence-corrected chi connectivity index (χ3v) is 6.04. The predicted molar refractivity (Wildman–Crippen MR) is 97.9 cm³/mol. The summed E-state index contributed by atoms with van der Waals surface area (Å²) in [5.74, 6) is 0.205. The molecule has 0 N–H and O–H groups in total. The molecule has 4 rings (SSSR count). The maximum absolute atomic E-state index is 12.9. The van der Waals surface area contributed by atoms with Gasteiger partial charge in [-0.3, -0.25) is 14.5 Å². The first-order valence-electron chi connectivity index (χ1n) is 9.58. The molecule has 2 aliphatic heterocycles. The van der Waals surface area contributed by atoms with Crippen molar-refractivity contribution in [2.24, 2.45) is 0 Å². The molecule has 0 spiro atoms. The Morgan fingerprint density at radius 2 is 1.72 bits per heavy atom. The molecular weight excluding hydrogens is 314 g/mol. The summed E-state index contributed by atoms with van der Waals surface area (Å²) in [6, 6.07) is 6.55. The summed E-state index contributed by atoms with van der Waals surface area (Å²) < 4.78 is 0. The number of hydrogen-bond acceptors (Lipinski definition) is 3. The molecule has 2 heterocycles. The van der Waals surface area contributed by atoms with E-state index in [0.29, 0.717) is 0 Å². The molecule has 1 aliphatic carbocycles. The molecule has 0 unspecified atom stereocenters. The number of rotatable bonds is 2. The molecule has 5 nitrogen and oxygen atoms in total. The third kappa shape index (κ3) is 3.17. The molecule has 1 aromatic carbocycles. The largest absolute Gasteiger partial charge is 0.336 e. The van der Waals surface area contributed by atoms with Crippen LogP contribution in [0.4, 0.5) is 5.69 Å². The molecule has 0 atom stereocenters. The van der Waals surface area contributed by atoms with Crippen molar-refractivity contribution in [2.75, 3.05) is 37.6 Å². The molecule has 134 valence electrons. The molecule has 1 aromatic rings. The zero-order chi connectivity index (χ0) is 17.4. The van der Waals surface area contributed by atoms with E-state index in [9.17, 15) is 9.59 Å². The van der Waals surface area contributed by atoms with Gasteiger partial charge in [0.05, 0.1) is 0 Å². The number of fused-ring (bicyclic) bond motifs is 1. The van der Waals surface area contributed by atoms with Crippen molar-refractivity contribution in [3.63, 3.8) is 0 Å². The number of benzene rings is 1. The fourth-order valence-corrected chi connectivity index (χ4v) is 4.60. The van der Waals surface area contributed by atoms with Crippen LogP contribution in [0.1, 0.15) is 48.5 Å². The molecule has 5 heteroatoms. The molecular formula is C20H27N3O2. The maximum Gasteiger partial charge on any atom is 0.253 e. The summed E-state index contributed by atoms with van der Waals surface area (Å²) >= 11 is 0. The van der Waals surface area contributed by atoms with Crippen molar-refractivity contribution in [1.82, 2.24) is 9.80 Å². The van der Waals surface area contributed by atoms with Crippen molar-refractivity contribution in [3.05, 3.63) is 29.3 Å². The van der Waals surface area contributed by atoms with Crippen LogP contribution >= 0.6 is 0 Å². The van der Waals surface area contributed by atoms with Crippen molar-refractivity contribution in [3.8, 4) is 0 Å². The molecule has 0 bridgehead atoms. The topological polar surface area (TPSA) is 43.9 Å². The smallest absolute Gasteiger partial charge is 0.253 e. The standard InChI is InChI=1S/C20H27N3O2/c1-15(24)23-9-8-16-14-17(6-7-19(16)23)20(25)22-12-10-21(11-13-22)18-4-2-3-5-18/h6-7,14,18H,2-5,8-13H2,1H3. The number of carbonyl (C=O) groups excluding carboxylic acids is 2.